The molecule has 0 saturated heterocycles. The lowest BCUT2D eigenvalue weighted by molar-refractivity contribution is 0.140. The second kappa shape index (κ2) is 3.87. The van der Waals surface area contributed by atoms with Crippen LogP contribution in [0.25, 0.3) is 0 Å². The Hall–Kier alpha value is -0.900. The van der Waals surface area contributed by atoms with Crippen LogP contribution < -0.4 is 0 Å². The Morgan fingerprint density at radius 3 is 2.54 bits per heavy atom. The maximum atomic E-state index is 12.3. The molecule has 74 valence electrons. The first-order valence-corrected chi connectivity index (χ1v) is 4.39. The van der Waals surface area contributed by atoms with Crippen molar-refractivity contribution >= 4 is 0 Å². The van der Waals surface area contributed by atoms with E-state index in [-0.39, 0.29) is 0 Å². The van der Waals surface area contributed by atoms with Gasteiger partial charge >= 0.3 is 0 Å². The minimum Gasteiger partial charge on any atom is -0.386 e. The first-order chi connectivity index (χ1) is 6.11. The number of aliphatic hydroxyl groups excluding tert-OH is 1. The van der Waals surface area contributed by atoms with Crippen molar-refractivity contribution in [1.82, 2.24) is 9.78 Å². The maximum Gasteiger partial charge on any atom is 0.120 e. The first kappa shape index (κ1) is 10.2. The Labute approximate surface area is 77.2 Å². The van der Waals surface area contributed by atoms with Crippen molar-refractivity contribution in [3.8, 4) is 0 Å². The Kier molecular flexibility index (Phi) is 3.03. The van der Waals surface area contributed by atoms with Crippen molar-refractivity contribution < 1.29 is 9.50 Å². The number of hydrogen-bond acceptors (Lipinski definition) is 2. The van der Waals surface area contributed by atoms with Crippen molar-refractivity contribution in [3.05, 3.63) is 17.0 Å². The van der Waals surface area contributed by atoms with E-state index in [4.69, 9.17) is 0 Å². The van der Waals surface area contributed by atoms with Crippen molar-refractivity contribution in [2.45, 2.75) is 33.4 Å². The van der Waals surface area contributed by atoms with Gasteiger partial charge in [0, 0.05) is 17.8 Å². The van der Waals surface area contributed by atoms with Gasteiger partial charge in [-0.05, 0) is 20.8 Å². The molecule has 1 N–H and O–H groups in total. The summed E-state index contributed by atoms with van der Waals surface area (Å²) in [5, 5.41) is 13.6. The summed E-state index contributed by atoms with van der Waals surface area (Å²) in [6, 6.07) is 0. The van der Waals surface area contributed by atoms with Crippen LogP contribution in [0.1, 0.15) is 30.0 Å². The molecule has 1 aromatic heterocycles. The average molecular weight is 186 g/mol. The third kappa shape index (κ3) is 1.72. The summed E-state index contributed by atoms with van der Waals surface area (Å²) in [6.45, 7) is 5.58. The molecule has 1 atom stereocenters. The first-order valence-electron chi connectivity index (χ1n) is 4.39. The molecule has 1 unspecified atom stereocenters. The van der Waals surface area contributed by atoms with Crippen LogP contribution in [0, 0.1) is 13.8 Å². The monoisotopic (exact) mass is 186 g/mol. The fraction of sp³-hybridized carbons (Fsp3) is 0.667. The van der Waals surface area contributed by atoms with Crippen molar-refractivity contribution in [2.75, 3.05) is 6.67 Å². The van der Waals surface area contributed by atoms with E-state index >= 15 is 0 Å². The fourth-order valence-electron chi connectivity index (χ4n) is 1.58. The molecule has 0 aliphatic rings. The van der Waals surface area contributed by atoms with Gasteiger partial charge in [0.2, 0.25) is 0 Å². The van der Waals surface area contributed by atoms with Crippen LogP contribution in [-0.4, -0.2) is 21.6 Å². The minimum atomic E-state index is -1.03. The molecule has 1 rings (SSSR count). The summed E-state index contributed by atoms with van der Waals surface area (Å²) in [6.07, 6.45) is -1.03. The quantitative estimate of drug-likeness (QED) is 0.777. The summed E-state index contributed by atoms with van der Waals surface area (Å²) in [5.41, 5.74) is 2.19. The molecule has 1 aromatic rings. The van der Waals surface area contributed by atoms with Gasteiger partial charge in [0.15, 0.2) is 0 Å². The standard InChI is InChI=1S/C9H15FN2O/c1-4-12-7(3)9(6(2)11-12)8(13)5-10/h8,13H,4-5H2,1-3H3. The van der Waals surface area contributed by atoms with Gasteiger partial charge < -0.3 is 5.11 Å². The zero-order valence-corrected chi connectivity index (χ0v) is 8.21. The van der Waals surface area contributed by atoms with Crippen molar-refractivity contribution in [2.24, 2.45) is 0 Å². The molecule has 0 saturated carbocycles. The van der Waals surface area contributed by atoms with Gasteiger partial charge in [0.1, 0.15) is 12.8 Å². The summed E-state index contributed by atoms with van der Waals surface area (Å²) in [5.74, 6) is 0. The summed E-state index contributed by atoms with van der Waals surface area (Å²) >= 11 is 0. The van der Waals surface area contributed by atoms with Crippen LogP contribution >= 0.6 is 0 Å². The highest BCUT2D eigenvalue weighted by Crippen LogP contribution is 2.21. The smallest absolute Gasteiger partial charge is 0.120 e. The van der Waals surface area contributed by atoms with Gasteiger partial charge in [-0.2, -0.15) is 5.10 Å². The molecule has 0 aliphatic carbocycles. The van der Waals surface area contributed by atoms with Crippen LogP contribution in [-0.2, 0) is 6.54 Å². The van der Waals surface area contributed by atoms with E-state index in [2.05, 4.69) is 5.10 Å². The topological polar surface area (TPSA) is 38.0 Å². The molecule has 0 aromatic carbocycles. The van der Waals surface area contributed by atoms with Gasteiger partial charge in [0.25, 0.3) is 0 Å². The molecule has 0 radical (unpaired) electrons. The van der Waals surface area contributed by atoms with Gasteiger partial charge in [-0.1, -0.05) is 0 Å². The van der Waals surface area contributed by atoms with E-state index in [1.165, 1.54) is 0 Å². The molecule has 0 spiro atoms. The Morgan fingerprint density at radius 1 is 1.54 bits per heavy atom. The van der Waals surface area contributed by atoms with E-state index < -0.39 is 12.8 Å². The van der Waals surface area contributed by atoms with Crippen LogP contribution in [0.4, 0.5) is 4.39 Å². The molecular weight excluding hydrogens is 171 g/mol. The zero-order valence-electron chi connectivity index (χ0n) is 8.21. The normalized spacial score (nSPS) is 13.3. The number of nitrogens with zero attached hydrogens (tertiary/aromatic N) is 2. The molecular formula is C9H15FN2O. The molecule has 3 nitrogen and oxygen atoms in total. The predicted molar refractivity (Wildman–Crippen MR) is 48.3 cm³/mol. The molecule has 13 heavy (non-hydrogen) atoms. The summed E-state index contributed by atoms with van der Waals surface area (Å²) < 4.78 is 14.0. The van der Waals surface area contributed by atoms with Crippen LogP contribution in [0.2, 0.25) is 0 Å². The number of alkyl halides is 1. The number of hydrogen-bond donors (Lipinski definition) is 1. The van der Waals surface area contributed by atoms with Gasteiger partial charge in [-0.3, -0.25) is 4.68 Å². The fourth-order valence-corrected chi connectivity index (χ4v) is 1.58. The lowest BCUT2D eigenvalue weighted by Crippen LogP contribution is -2.04. The highest BCUT2D eigenvalue weighted by atomic mass is 19.1. The molecule has 0 aliphatic heterocycles. The lowest BCUT2D eigenvalue weighted by atomic mass is 10.1. The lowest BCUT2D eigenvalue weighted by Gasteiger charge is -2.06. The number of aliphatic hydroxyl groups is 1. The van der Waals surface area contributed by atoms with Gasteiger partial charge in [0.05, 0.1) is 5.69 Å². The van der Waals surface area contributed by atoms with E-state index in [1.807, 2.05) is 13.8 Å². The average Bonchev–Trinajstić information content (AvgIpc) is 2.40. The highest BCUT2D eigenvalue weighted by Gasteiger charge is 2.17. The third-order valence-corrected chi connectivity index (χ3v) is 2.22. The van der Waals surface area contributed by atoms with E-state index in [1.54, 1.807) is 11.6 Å². The molecule has 0 bridgehead atoms. The minimum absolute atomic E-state index is 0.629. The van der Waals surface area contributed by atoms with E-state index in [0.29, 0.717) is 11.3 Å². The maximum absolute atomic E-state index is 12.3. The van der Waals surface area contributed by atoms with Crippen LogP contribution in [0.15, 0.2) is 0 Å². The predicted octanol–water partition coefficient (Wildman–Crippen LogP) is 1.52. The van der Waals surface area contributed by atoms with Gasteiger partial charge in [-0.25, -0.2) is 4.39 Å². The van der Waals surface area contributed by atoms with Crippen LogP contribution in [0.5, 0.6) is 0 Å². The summed E-state index contributed by atoms with van der Waals surface area (Å²) in [7, 11) is 0. The Balaban J connectivity index is 3.12. The molecule has 0 fully saturated rings. The largest absolute Gasteiger partial charge is 0.386 e. The third-order valence-electron chi connectivity index (χ3n) is 2.22. The highest BCUT2D eigenvalue weighted by molar-refractivity contribution is 5.26. The van der Waals surface area contributed by atoms with E-state index in [0.717, 1.165) is 12.2 Å². The number of aromatic nitrogens is 2. The van der Waals surface area contributed by atoms with E-state index in [9.17, 15) is 9.50 Å². The molecule has 0 amide bonds. The number of aryl methyl sites for hydroxylation is 2. The molecule has 4 heteroatoms. The second-order valence-electron chi connectivity index (χ2n) is 3.07. The number of halogens is 1. The van der Waals surface area contributed by atoms with Crippen LogP contribution in [0.3, 0.4) is 0 Å². The Morgan fingerprint density at radius 2 is 2.15 bits per heavy atom. The van der Waals surface area contributed by atoms with Gasteiger partial charge in [-0.15, -0.1) is 0 Å². The molecule has 1 heterocycles. The van der Waals surface area contributed by atoms with Crippen molar-refractivity contribution in [1.29, 1.82) is 0 Å². The van der Waals surface area contributed by atoms with Crippen molar-refractivity contribution in [3.63, 3.8) is 0 Å². The zero-order chi connectivity index (χ0) is 10.0. The SMILES string of the molecule is CCn1nc(C)c(C(O)CF)c1C. The second-order valence-corrected chi connectivity index (χ2v) is 3.07. The Bertz CT molecular complexity index is 296. The summed E-state index contributed by atoms with van der Waals surface area (Å²) in [4.78, 5) is 0. The number of rotatable bonds is 3.